The molecule has 0 saturated carbocycles. The van der Waals surface area contributed by atoms with Crippen molar-refractivity contribution < 1.29 is 47.9 Å². The van der Waals surface area contributed by atoms with Crippen molar-refractivity contribution in [2.24, 2.45) is 5.92 Å². The highest BCUT2D eigenvalue weighted by molar-refractivity contribution is 5.89. The van der Waals surface area contributed by atoms with Crippen molar-refractivity contribution in [3.63, 3.8) is 0 Å². The van der Waals surface area contributed by atoms with Gasteiger partial charge in [0.2, 0.25) is 0 Å². The van der Waals surface area contributed by atoms with Crippen molar-refractivity contribution in [1.82, 2.24) is 0 Å². The Morgan fingerprint density at radius 3 is 2.05 bits per heavy atom. The van der Waals surface area contributed by atoms with Crippen LogP contribution in [0.5, 0.6) is 0 Å². The summed E-state index contributed by atoms with van der Waals surface area (Å²) in [6.07, 6.45) is -3.69. The summed E-state index contributed by atoms with van der Waals surface area (Å²) in [4.78, 5) is 24.9. The van der Waals surface area contributed by atoms with Crippen LogP contribution < -0.4 is 0 Å². The summed E-state index contributed by atoms with van der Waals surface area (Å²) in [5.41, 5.74) is 0.868. The Kier molecular flexibility index (Phi) is 8.08. The van der Waals surface area contributed by atoms with Crippen LogP contribution in [0.15, 0.2) is 60.7 Å². The van der Waals surface area contributed by atoms with Crippen LogP contribution in [0.4, 0.5) is 0 Å². The second-order valence-electron chi connectivity index (χ2n) is 10.00. The van der Waals surface area contributed by atoms with Gasteiger partial charge in [0.15, 0.2) is 18.4 Å². The van der Waals surface area contributed by atoms with Crippen molar-refractivity contribution in [2.75, 3.05) is 19.8 Å². The number of rotatable bonds is 9. The number of fused-ring (bicyclic) bond motifs is 1. The minimum atomic E-state index is -0.923. The first kappa shape index (κ1) is 26.7. The highest BCUT2D eigenvalue weighted by Crippen LogP contribution is 2.38. The van der Waals surface area contributed by atoms with Gasteiger partial charge >= 0.3 is 11.9 Å². The van der Waals surface area contributed by atoms with Crippen molar-refractivity contribution in [1.29, 1.82) is 0 Å². The molecule has 1 N–H and O–H groups in total. The number of carbonyl (C=O) groups is 2. The number of aliphatic hydroxyl groups is 1. The molecule has 0 unspecified atom stereocenters. The van der Waals surface area contributed by atoms with Crippen LogP contribution in [-0.2, 0) is 33.2 Å². The van der Waals surface area contributed by atoms with E-state index in [2.05, 4.69) is 0 Å². The maximum Gasteiger partial charge on any atom is 0.338 e. The fourth-order valence-electron chi connectivity index (χ4n) is 4.77. The molecule has 0 radical (unpaired) electrons. The zero-order valence-corrected chi connectivity index (χ0v) is 21.3. The summed E-state index contributed by atoms with van der Waals surface area (Å²) in [7, 11) is 0. The normalized spacial score (nSPS) is 31.6. The first-order chi connectivity index (χ1) is 18.3. The molecule has 0 bridgehead atoms. The molecule has 3 fully saturated rings. The first-order valence-corrected chi connectivity index (χ1v) is 12.7. The number of carbonyl (C=O) groups excluding carboxylic acids is 2. The fraction of sp³-hybridized carbons (Fsp3) is 0.500. The highest BCUT2D eigenvalue weighted by Gasteiger charge is 2.54. The van der Waals surface area contributed by atoms with Gasteiger partial charge in [-0.3, -0.25) is 0 Å². The van der Waals surface area contributed by atoms with Gasteiger partial charge in [-0.15, -0.1) is 0 Å². The van der Waals surface area contributed by atoms with Gasteiger partial charge in [0.1, 0.15) is 31.0 Å². The van der Waals surface area contributed by atoms with E-state index in [9.17, 15) is 14.7 Å². The molecule has 7 atom stereocenters. The lowest BCUT2D eigenvalue weighted by Gasteiger charge is -2.23. The van der Waals surface area contributed by atoms with E-state index in [-0.39, 0.29) is 25.7 Å². The van der Waals surface area contributed by atoms with Crippen molar-refractivity contribution in [3.05, 3.63) is 71.8 Å². The van der Waals surface area contributed by atoms with Crippen molar-refractivity contribution >= 4 is 11.9 Å². The third kappa shape index (κ3) is 6.23. The predicted octanol–water partition coefficient (Wildman–Crippen LogP) is 2.69. The smallest absolute Gasteiger partial charge is 0.338 e. The van der Waals surface area contributed by atoms with Crippen LogP contribution in [0.25, 0.3) is 0 Å². The van der Waals surface area contributed by atoms with E-state index >= 15 is 0 Å². The minimum Gasteiger partial charge on any atom is -0.462 e. The largest absolute Gasteiger partial charge is 0.462 e. The molecule has 0 spiro atoms. The Bertz CT molecular complexity index is 1030. The summed E-state index contributed by atoms with van der Waals surface area (Å²) in [6.45, 7) is 3.58. The van der Waals surface area contributed by atoms with E-state index in [0.29, 0.717) is 17.5 Å². The highest BCUT2D eigenvalue weighted by atomic mass is 16.8. The van der Waals surface area contributed by atoms with Crippen molar-refractivity contribution in [3.8, 4) is 0 Å². The molecule has 3 aliphatic heterocycles. The Hall–Kier alpha value is -2.86. The van der Waals surface area contributed by atoms with E-state index < -0.39 is 54.7 Å². The molecule has 5 rings (SSSR count). The standard InChI is InChI=1S/C28H32O10/c1-28(2)37-24-23(29)21(36-27(24)38-28)16-32-22-13-19(14-33-25(30)17-9-5-3-6-10-17)20(35-22)15-34-26(31)18-11-7-4-8-12-18/h3-12,19-24,27,29H,13-16H2,1-2H3/t19-,20-,21-,22+,23+,24-,27-/m1/s1. The quantitative estimate of drug-likeness (QED) is 0.487. The minimum absolute atomic E-state index is 0.0371. The monoisotopic (exact) mass is 528 g/mol. The molecule has 0 aromatic heterocycles. The summed E-state index contributed by atoms with van der Waals surface area (Å²) >= 11 is 0. The number of benzene rings is 2. The van der Waals surface area contributed by atoms with Gasteiger partial charge in [0.05, 0.1) is 24.3 Å². The number of aliphatic hydroxyl groups excluding tert-OH is 1. The van der Waals surface area contributed by atoms with Gasteiger partial charge < -0.3 is 38.3 Å². The topological polar surface area (TPSA) is 119 Å². The van der Waals surface area contributed by atoms with E-state index in [1.54, 1.807) is 62.4 Å². The number of hydrogen-bond donors (Lipinski definition) is 1. The lowest BCUT2D eigenvalue weighted by Crippen LogP contribution is -2.37. The maximum atomic E-state index is 12.5. The van der Waals surface area contributed by atoms with E-state index in [4.69, 9.17) is 33.2 Å². The van der Waals surface area contributed by atoms with E-state index in [1.165, 1.54) is 0 Å². The number of esters is 2. The van der Waals surface area contributed by atoms with Gasteiger partial charge in [-0.05, 0) is 38.1 Å². The summed E-state index contributed by atoms with van der Waals surface area (Å²) < 4.78 is 40.2. The lowest BCUT2D eigenvalue weighted by molar-refractivity contribution is -0.230. The molecule has 204 valence electrons. The number of hydrogen-bond acceptors (Lipinski definition) is 10. The third-order valence-electron chi connectivity index (χ3n) is 6.73. The van der Waals surface area contributed by atoms with Crippen LogP contribution in [0, 0.1) is 5.92 Å². The second kappa shape index (κ2) is 11.5. The van der Waals surface area contributed by atoms with E-state index in [0.717, 1.165) is 0 Å². The van der Waals surface area contributed by atoms with E-state index in [1.807, 2.05) is 12.1 Å². The fourth-order valence-corrected chi connectivity index (χ4v) is 4.77. The van der Waals surface area contributed by atoms with Crippen LogP contribution >= 0.6 is 0 Å². The Morgan fingerprint density at radius 1 is 0.842 bits per heavy atom. The molecule has 10 heteroatoms. The van der Waals surface area contributed by atoms with Crippen molar-refractivity contribution in [2.45, 2.75) is 63.1 Å². The average Bonchev–Trinajstić information content (AvgIpc) is 3.55. The molecular weight excluding hydrogens is 496 g/mol. The van der Waals surface area contributed by atoms with Gasteiger partial charge in [-0.2, -0.15) is 0 Å². The van der Waals surface area contributed by atoms with Crippen LogP contribution in [0.2, 0.25) is 0 Å². The van der Waals surface area contributed by atoms with Crippen LogP contribution in [0.3, 0.4) is 0 Å². The summed E-state index contributed by atoms with van der Waals surface area (Å²) in [5, 5.41) is 10.6. The lowest BCUT2D eigenvalue weighted by atomic mass is 10.0. The SMILES string of the molecule is CC1(C)O[C@H]2O[C@H](CO[C@@H]3C[C@H](COC(=O)c4ccccc4)[C@@H](COC(=O)c4ccccc4)O3)[C@H](O)[C@H]2O1. The molecule has 3 aliphatic rings. The third-order valence-corrected chi connectivity index (χ3v) is 6.73. The second-order valence-corrected chi connectivity index (χ2v) is 10.00. The zero-order valence-electron chi connectivity index (χ0n) is 21.3. The summed E-state index contributed by atoms with van der Waals surface area (Å²) in [6, 6.07) is 17.3. The average molecular weight is 529 g/mol. The van der Waals surface area contributed by atoms with Crippen LogP contribution in [-0.4, -0.2) is 79.6 Å². The molecule has 0 amide bonds. The molecule has 3 saturated heterocycles. The summed E-state index contributed by atoms with van der Waals surface area (Å²) in [5.74, 6) is -2.04. The van der Waals surface area contributed by atoms with Gasteiger partial charge in [-0.1, -0.05) is 36.4 Å². The zero-order chi connectivity index (χ0) is 26.7. The van der Waals surface area contributed by atoms with Crippen LogP contribution in [0.1, 0.15) is 41.0 Å². The Balaban J connectivity index is 1.17. The molecule has 10 nitrogen and oxygen atoms in total. The predicted molar refractivity (Wildman–Crippen MR) is 131 cm³/mol. The van der Waals surface area contributed by atoms with Gasteiger partial charge in [0.25, 0.3) is 0 Å². The number of ether oxygens (including phenoxy) is 7. The molecule has 3 heterocycles. The molecule has 2 aromatic rings. The first-order valence-electron chi connectivity index (χ1n) is 12.7. The maximum absolute atomic E-state index is 12.5. The Morgan fingerprint density at radius 2 is 1.45 bits per heavy atom. The molecular formula is C28H32O10. The molecule has 2 aromatic carbocycles. The van der Waals surface area contributed by atoms with Gasteiger partial charge in [-0.25, -0.2) is 9.59 Å². The molecule has 38 heavy (non-hydrogen) atoms. The Labute approximate surface area is 220 Å². The molecule has 0 aliphatic carbocycles. The van der Waals surface area contributed by atoms with Gasteiger partial charge in [0, 0.05) is 12.3 Å².